The lowest BCUT2D eigenvalue weighted by Gasteiger charge is -2.38. The van der Waals surface area contributed by atoms with Crippen LogP contribution in [0.25, 0.3) is 0 Å². The van der Waals surface area contributed by atoms with E-state index in [9.17, 15) is 4.79 Å². The monoisotopic (exact) mass is 367 g/mol. The average Bonchev–Trinajstić information content (AvgIpc) is 3.23. The number of hydrogen-bond acceptors (Lipinski definition) is 4. The molecule has 3 heterocycles. The standard InChI is InChI=1S/C21H29N5O/c27-21(25-15-13-24(14-16-25)20-5-2-1-3-6-20)18-23-11-7-19(8-12-23)17-26-10-4-9-22-26/h1-6,9-10,19H,7-8,11-18H2. The molecule has 6 nitrogen and oxygen atoms in total. The first-order valence-electron chi connectivity index (χ1n) is 10.1. The van der Waals surface area contributed by atoms with Gasteiger partial charge < -0.3 is 9.80 Å². The molecular weight excluding hydrogens is 338 g/mol. The minimum absolute atomic E-state index is 0.285. The zero-order valence-corrected chi connectivity index (χ0v) is 15.9. The first-order chi connectivity index (χ1) is 13.3. The van der Waals surface area contributed by atoms with Crippen molar-refractivity contribution in [1.29, 1.82) is 0 Å². The molecule has 2 aliphatic heterocycles. The van der Waals surface area contributed by atoms with E-state index in [0.29, 0.717) is 12.5 Å². The molecule has 0 bridgehead atoms. The third-order valence-corrected chi connectivity index (χ3v) is 5.82. The van der Waals surface area contributed by atoms with Crippen molar-refractivity contribution in [3.05, 3.63) is 48.8 Å². The highest BCUT2D eigenvalue weighted by atomic mass is 16.2. The molecule has 2 saturated heterocycles. The van der Waals surface area contributed by atoms with Gasteiger partial charge in [0.25, 0.3) is 0 Å². The van der Waals surface area contributed by atoms with Gasteiger partial charge in [0.15, 0.2) is 0 Å². The molecule has 0 spiro atoms. The van der Waals surface area contributed by atoms with Gasteiger partial charge in [0.2, 0.25) is 5.91 Å². The second-order valence-electron chi connectivity index (χ2n) is 7.65. The molecule has 6 heteroatoms. The molecule has 0 N–H and O–H groups in total. The zero-order valence-electron chi connectivity index (χ0n) is 15.9. The van der Waals surface area contributed by atoms with E-state index in [1.165, 1.54) is 5.69 Å². The molecule has 4 rings (SSSR count). The summed E-state index contributed by atoms with van der Waals surface area (Å²) < 4.78 is 2.03. The first-order valence-corrected chi connectivity index (χ1v) is 10.1. The summed E-state index contributed by atoms with van der Waals surface area (Å²) in [5.41, 5.74) is 1.25. The molecule has 1 amide bonds. The Morgan fingerprint density at radius 1 is 0.963 bits per heavy atom. The van der Waals surface area contributed by atoms with Crippen molar-refractivity contribution in [2.24, 2.45) is 5.92 Å². The topological polar surface area (TPSA) is 44.6 Å². The Morgan fingerprint density at radius 3 is 2.37 bits per heavy atom. The Kier molecular flexibility index (Phi) is 5.72. The van der Waals surface area contributed by atoms with Crippen molar-refractivity contribution in [3.63, 3.8) is 0 Å². The van der Waals surface area contributed by atoms with Crippen LogP contribution >= 0.6 is 0 Å². The lowest BCUT2D eigenvalue weighted by atomic mass is 9.97. The summed E-state index contributed by atoms with van der Waals surface area (Å²) in [7, 11) is 0. The molecule has 0 saturated carbocycles. The molecular formula is C21H29N5O. The number of para-hydroxylation sites is 1. The Hall–Kier alpha value is -2.34. The van der Waals surface area contributed by atoms with E-state index in [1.807, 2.05) is 34.1 Å². The number of hydrogen-bond donors (Lipinski definition) is 0. The molecule has 1 aromatic heterocycles. The van der Waals surface area contributed by atoms with Gasteiger partial charge in [0.05, 0.1) is 6.54 Å². The summed E-state index contributed by atoms with van der Waals surface area (Å²) >= 11 is 0. The Labute approximate surface area is 161 Å². The lowest BCUT2D eigenvalue weighted by Crippen LogP contribution is -2.52. The molecule has 27 heavy (non-hydrogen) atoms. The Balaban J connectivity index is 1.19. The number of carbonyl (C=O) groups excluding carboxylic acids is 1. The smallest absolute Gasteiger partial charge is 0.236 e. The fraction of sp³-hybridized carbons (Fsp3) is 0.524. The van der Waals surface area contributed by atoms with Gasteiger partial charge >= 0.3 is 0 Å². The molecule has 0 aliphatic carbocycles. The van der Waals surface area contributed by atoms with Crippen LogP contribution in [0.4, 0.5) is 5.69 Å². The predicted molar refractivity (Wildman–Crippen MR) is 107 cm³/mol. The maximum Gasteiger partial charge on any atom is 0.236 e. The predicted octanol–water partition coefficient (Wildman–Crippen LogP) is 1.94. The quantitative estimate of drug-likeness (QED) is 0.810. The number of likely N-dealkylation sites (tertiary alicyclic amines) is 1. The van der Waals surface area contributed by atoms with Gasteiger partial charge in [0, 0.05) is 50.8 Å². The Morgan fingerprint density at radius 2 is 1.70 bits per heavy atom. The van der Waals surface area contributed by atoms with Gasteiger partial charge in [-0.25, -0.2) is 0 Å². The number of rotatable bonds is 5. The van der Waals surface area contributed by atoms with Crippen LogP contribution in [0.5, 0.6) is 0 Å². The molecule has 0 unspecified atom stereocenters. The minimum atomic E-state index is 0.285. The van der Waals surface area contributed by atoms with Crippen molar-refractivity contribution in [2.75, 3.05) is 50.7 Å². The summed E-state index contributed by atoms with van der Waals surface area (Å²) in [6.45, 7) is 7.08. The van der Waals surface area contributed by atoms with Gasteiger partial charge in [-0.05, 0) is 50.0 Å². The fourth-order valence-electron chi connectivity index (χ4n) is 4.14. The van der Waals surface area contributed by atoms with Gasteiger partial charge in [-0.3, -0.25) is 14.4 Å². The van der Waals surface area contributed by atoms with Crippen LogP contribution in [0.15, 0.2) is 48.8 Å². The van der Waals surface area contributed by atoms with E-state index in [0.717, 1.165) is 58.7 Å². The number of nitrogens with zero attached hydrogens (tertiary/aromatic N) is 5. The highest BCUT2D eigenvalue weighted by Gasteiger charge is 2.25. The largest absolute Gasteiger partial charge is 0.368 e. The highest BCUT2D eigenvalue weighted by Crippen LogP contribution is 2.19. The third-order valence-electron chi connectivity index (χ3n) is 5.82. The lowest BCUT2D eigenvalue weighted by molar-refractivity contribution is -0.133. The van der Waals surface area contributed by atoms with Crippen LogP contribution < -0.4 is 4.90 Å². The Bertz CT molecular complexity index is 701. The highest BCUT2D eigenvalue weighted by molar-refractivity contribution is 5.78. The molecule has 2 aliphatic rings. The van der Waals surface area contributed by atoms with Gasteiger partial charge in [-0.1, -0.05) is 18.2 Å². The summed E-state index contributed by atoms with van der Waals surface area (Å²) in [4.78, 5) is 19.4. The third kappa shape index (κ3) is 4.69. The summed E-state index contributed by atoms with van der Waals surface area (Å²) in [5, 5.41) is 4.31. The number of piperazine rings is 1. The van der Waals surface area contributed by atoms with E-state index in [4.69, 9.17) is 0 Å². The van der Waals surface area contributed by atoms with E-state index < -0.39 is 0 Å². The van der Waals surface area contributed by atoms with Crippen molar-refractivity contribution in [3.8, 4) is 0 Å². The second-order valence-corrected chi connectivity index (χ2v) is 7.65. The van der Waals surface area contributed by atoms with Crippen molar-refractivity contribution in [1.82, 2.24) is 19.6 Å². The molecule has 144 valence electrons. The second kappa shape index (κ2) is 8.57. The van der Waals surface area contributed by atoms with Crippen molar-refractivity contribution in [2.45, 2.75) is 19.4 Å². The average molecular weight is 367 g/mol. The molecule has 1 aromatic carbocycles. The number of anilines is 1. The molecule has 0 atom stereocenters. The molecule has 0 radical (unpaired) electrons. The van der Waals surface area contributed by atoms with Gasteiger partial charge in [-0.2, -0.15) is 5.10 Å². The van der Waals surface area contributed by atoms with Crippen LogP contribution in [-0.2, 0) is 11.3 Å². The van der Waals surface area contributed by atoms with Crippen LogP contribution in [0.3, 0.4) is 0 Å². The SMILES string of the molecule is O=C(CN1CCC(Cn2cccn2)CC1)N1CCN(c2ccccc2)CC1. The number of amides is 1. The molecule has 2 fully saturated rings. The zero-order chi connectivity index (χ0) is 18.5. The summed E-state index contributed by atoms with van der Waals surface area (Å²) in [6, 6.07) is 12.5. The minimum Gasteiger partial charge on any atom is -0.368 e. The van der Waals surface area contributed by atoms with E-state index in [2.05, 4.69) is 39.2 Å². The molecule has 2 aromatic rings. The summed E-state index contributed by atoms with van der Waals surface area (Å²) in [6.07, 6.45) is 6.17. The maximum absolute atomic E-state index is 12.7. The number of piperidine rings is 1. The van der Waals surface area contributed by atoms with Crippen LogP contribution in [0.1, 0.15) is 12.8 Å². The van der Waals surface area contributed by atoms with Crippen molar-refractivity contribution < 1.29 is 4.79 Å². The van der Waals surface area contributed by atoms with Gasteiger partial charge in [-0.15, -0.1) is 0 Å². The van der Waals surface area contributed by atoms with E-state index >= 15 is 0 Å². The van der Waals surface area contributed by atoms with Gasteiger partial charge in [0.1, 0.15) is 0 Å². The van der Waals surface area contributed by atoms with E-state index in [1.54, 1.807) is 0 Å². The number of carbonyl (C=O) groups is 1. The maximum atomic E-state index is 12.7. The number of benzene rings is 1. The van der Waals surface area contributed by atoms with Crippen LogP contribution in [0, 0.1) is 5.92 Å². The van der Waals surface area contributed by atoms with Crippen molar-refractivity contribution >= 4 is 11.6 Å². The van der Waals surface area contributed by atoms with Crippen LogP contribution in [0.2, 0.25) is 0 Å². The number of aromatic nitrogens is 2. The summed E-state index contributed by atoms with van der Waals surface area (Å²) in [5.74, 6) is 0.957. The van der Waals surface area contributed by atoms with E-state index in [-0.39, 0.29) is 5.91 Å². The fourth-order valence-corrected chi connectivity index (χ4v) is 4.14. The first kappa shape index (κ1) is 18.0. The normalized spacial score (nSPS) is 19.4. The van der Waals surface area contributed by atoms with Crippen LogP contribution in [-0.4, -0.2) is 71.3 Å².